The molecule has 1 saturated heterocycles. The quantitative estimate of drug-likeness (QED) is 0.908. The third kappa shape index (κ3) is 5.73. The molecular weight excluding hydrogens is 318 g/mol. The zero-order valence-electron chi connectivity index (χ0n) is 15.4. The third-order valence-electron chi connectivity index (χ3n) is 4.05. The Hall–Kier alpha value is -2.10. The molecular formula is C19H27N3O3. The van der Waals surface area contributed by atoms with E-state index in [1.165, 1.54) is 0 Å². The molecule has 1 aliphatic heterocycles. The van der Waals surface area contributed by atoms with Crippen molar-refractivity contribution in [2.24, 2.45) is 0 Å². The number of carbonyl (C=O) groups is 1. The lowest BCUT2D eigenvalue weighted by Crippen LogP contribution is -2.54. The molecule has 0 bridgehead atoms. The molecule has 6 heteroatoms. The molecule has 6 nitrogen and oxygen atoms in total. The van der Waals surface area contributed by atoms with E-state index in [2.05, 4.69) is 18.3 Å². The number of hydrogen-bond acceptors (Lipinski definition) is 5. The van der Waals surface area contributed by atoms with Crippen LogP contribution in [0.5, 0.6) is 0 Å². The van der Waals surface area contributed by atoms with Crippen LogP contribution in [0.2, 0.25) is 0 Å². The summed E-state index contributed by atoms with van der Waals surface area (Å²) < 4.78 is 11.0. The van der Waals surface area contributed by atoms with E-state index in [0.29, 0.717) is 31.9 Å². The number of amides is 1. The summed E-state index contributed by atoms with van der Waals surface area (Å²) in [6.45, 7) is 9.83. The molecule has 136 valence electrons. The lowest BCUT2D eigenvalue weighted by molar-refractivity contribution is -0.0321. The lowest BCUT2D eigenvalue weighted by atomic mass is 10.1. The first-order valence-electron chi connectivity index (χ1n) is 8.61. The molecule has 2 unspecified atom stereocenters. The van der Waals surface area contributed by atoms with E-state index in [1.807, 2.05) is 45.0 Å². The van der Waals surface area contributed by atoms with Crippen LogP contribution in [0.25, 0.3) is 0 Å². The van der Waals surface area contributed by atoms with Gasteiger partial charge in [0.15, 0.2) is 0 Å². The SMILES string of the molecule is CC(NCC1COCCN1C(=O)OC(C)(C)C)c1ccc(C#N)cc1. The molecule has 1 amide bonds. The van der Waals surface area contributed by atoms with Gasteiger partial charge in [-0.25, -0.2) is 4.79 Å². The normalized spacial score (nSPS) is 19.2. The first kappa shape index (κ1) is 19.2. The molecule has 0 aromatic heterocycles. The smallest absolute Gasteiger partial charge is 0.410 e. The van der Waals surface area contributed by atoms with E-state index in [1.54, 1.807) is 4.90 Å². The summed E-state index contributed by atoms with van der Waals surface area (Å²) in [5, 5.41) is 12.3. The van der Waals surface area contributed by atoms with Gasteiger partial charge in [-0.05, 0) is 45.4 Å². The van der Waals surface area contributed by atoms with Crippen molar-refractivity contribution >= 4 is 6.09 Å². The number of hydrogen-bond donors (Lipinski definition) is 1. The Kier molecular flexibility index (Phi) is 6.40. The zero-order valence-corrected chi connectivity index (χ0v) is 15.4. The Balaban J connectivity index is 1.94. The van der Waals surface area contributed by atoms with Crippen LogP contribution in [0.4, 0.5) is 4.79 Å². The van der Waals surface area contributed by atoms with Gasteiger partial charge in [0.1, 0.15) is 5.60 Å². The van der Waals surface area contributed by atoms with Crippen molar-refractivity contribution < 1.29 is 14.3 Å². The Morgan fingerprint density at radius 1 is 1.44 bits per heavy atom. The van der Waals surface area contributed by atoms with Gasteiger partial charge >= 0.3 is 6.09 Å². The van der Waals surface area contributed by atoms with E-state index >= 15 is 0 Å². The molecule has 1 aromatic rings. The fourth-order valence-corrected chi connectivity index (χ4v) is 2.66. The molecule has 1 fully saturated rings. The van der Waals surface area contributed by atoms with E-state index < -0.39 is 5.60 Å². The van der Waals surface area contributed by atoms with Gasteiger partial charge in [-0.1, -0.05) is 12.1 Å². The Labute approximate surface area is 149 Å². The Bertz CT molecular complexity index is 616. The monoisotopic (exact) mass is 345 g/mol. The zero-order chi connectivity index (χ0) is 18.4. The number of morpholine rings is 1. The highest BCUT2D eigenvalue weighted by Crippen LogP contribution is 2.17. The molecule has 1 aliphatic rings. The molecule has 25 heavy (non-hydrogen) atoms. The standard InChI is InChI=1S/C19H27N3O3/c1-14(16-7-5-15(11-20)6-8-16)21-12-17-13-24-10-9-22(17)18(23)25-19(2,3)4/h5-8,14,17,21H,9-10,12-13H2,1-4H3. The molecule has 0 aliphatic carbocycles. The van der Waals surface area contributed by atoms with Crippen LogP contribution in [-0.4, -0.2) is 48.9 Å². The van der Waals surface area contributed by atoms with Gasteiger partial charge in [0.25, 0.3) is 0 Å². The maximum absolute atomic E-state index is 12.4. The van der Waals surface area contributed by atoms with Crippen molar-refractivity contribution in [1.82, 2.24) is 10.2 Å². The second kappa shape index (κ2) is 8.32. The van der Waals surface area contributed by atoms with Crippen LogP contribution < -0.4 is 5.32 Å². The minimum absolute atomic E-state index is 0.0653. The fourth-order valence-electron chi connectivity index (χ4n) is 2.66. The first-order chi connectivity index (χ1) is 11.8. The van der Waals surface area contributed by atoms with Crippen LogP contribution in [0, 0.1) is 11.3 Å². The molecule has 0 radical (unpaired) electrons. The molecule has 2 rings (SSSR count). The first-order valence-corrected chi connectivity index (χ1v) is 8.61. The Morgan fingerprint density at radius 2 is 2.12 bits per heavy atom. The summed E-state index contributed by atoms with van der Waals surface area (Å²) in [6, 6.07) is 9.67. The fraction of sp³-hybridized carbons (Fsp3) is 0.579. The van der Waals surface area contributed by atoms with Crippen LogP contribution in [0.1, 0.15) is 44.9 Å². The minimum atomic E-state index is -0.511. The average Bonchev–Trinajstić information content (AvgIpc) is 2.58. The highest BCUT2D eigenvalue weighted by molar-refractivity contribution is 5.68. The van der Waals surface area contributed by atoms with E-state index in [9.17, 15) is 4.79 Å². The second-order valence-electron chi connectivity index (χ2n) is 7.27. The average molecular weight is 345 g/mol. The van der Waals surface area contributed by atoms with E-state index in [-0.39, 0.29) is 18.2 Å². The maximum atomic E-state index is 12.4. The van der Waals surface area contributed by atoms with Gasteiger partial charge in [0.05, 0.1) is 30.9 Å². The summed E-state index contributed by atoms with van der Waals surface area (Å²) in [5.41, 5.74) is 1.23. The molecule has 1 heterocycles. The van der Waals surface area contributed by atoms with Gasteiger partial charge < -0.3 is 14.8 Å². The van der Waals surface area contributed by atoms with Crippen molar-refractivity contribution in [1.29, 1.82) is 5.26 Å². The third-order valence-corrected chi connectivity index (χ3v) is 4.05. The van der Waals surface area contributed by atoms with Crippen LogP contribution in [-0.2, 0) is 9.47 Å². The number of nitrogens with one attached hydrogen (secondary N) is 1. The lowest BCUT2D eigenvalue weighted by Gasteiger charge is -2.37. The largest absolute Gasteiger partial charge is 0.444 e. The van der Waals surface area contributed by atoms with Crippen molar-refractivity contribution in [2.45, 2.75) is 45.4 Å². The van der Waals surface area contributed by atoms with Crippen LogP contribution in [0.3, 0.4) is 0 Å². The molecule has 2 atom stereocenters. The second-order valence-corrected chi connectivity index (χ2v) is 7.27. The Morgan fingerprint density at radius 3 is 2.72 bits per heavy atom. The molecule has 0 spiro atoms. The maximum Gasteiger partial charge on any atom is 0.410 e. The summed E-state index contributed by atoms with van der Waals surface area (Å²) in [5.74, 6) is 0. The van der Waals surface area contributed by atoms with Gasteiger partial charge in [-0.2, -0.15) is 5.26 Å². The summed E-state index contributed by atoms with van der Waals surface area (Å²) in [6.07, 6.45) is -0.298. The van der Waals surface area contributed by atoms with Crippen LogP contribution >= 0.6 is 0 Å². The summed E-state index contributed by atoms with van der Waals surface area (Å²) in [7, 11) is 0. The number of ether oxygens (including phenoxy) is 2. The van der Waals surface area contributed by atoms with Gasteiger partial charge in [0.2, 0.25) is 0 Å². The van der Waals surface area contributed by atoms with Crippen molar-refractivity contribution in [3.8, 4) is 6.07 Å². The van der Waals surface area contributed by atoms with Crippen LogP contribution in [0.15, 0.2) is 24.3 Å². The number of benzene rings is 1. The van der Waals surface area contributed by atoms with Crippen molar-refractivity contribution in [3.63, 3.8) is 0 Å². The highest BCUT2D eigenvalue weighted by atomic mass is 16.6. The molecule has 1 N–H and O–H groups in total. The number of nitrogens with zero attached hydrogens (tertiary/aromatic N) is 2. The highest BCUT2D eigenvalue weighted by Gasteiger charge is 2.31. The summed E-state index contributed by atoms with van der Waals surface area (Å²) >= 11 is 0. The van der Waals surface area contributed by atoms with E-state index in [0.717, 1.165) is 5.56 Å². The summed E-state index contributed by atoms with van der Waals surface area (Å²) in [4.78, 5) is 14.1. The van der Waals surface area contributed by atoms with Gasteiger partial charge in [-0.3, -0.25) is 4.90 Å². The van der Waals surface area contributed by atoms with Gasteiger partial charge in [0, 0.05) is 19.1 Å². The molecule has 1 aromatic carbocycles. The predicted octanol–water partition coefficient (Wildman–Crippen LogP) is 2.84. The topological polar surface area (TPSA) is 74.6 Å². The predicted molar refractivity (Wildman–Crippen MR) is 95.1 cm³/mol. The minimum Gasteiger partial charge on any atom is -0.444 e. The van der Waals surface area contributed by atoms with Gasteiger partial charge in [-0.15, -0.1) is 0 Å². The van der Waals surface area contributed by atoms with Crippen molar-refractivity contribution in [2.75, 3.05) is 26.3 Å². The molecule has 0 saturated carbocycles. The van der Waals surface area contributed by atoms with E-state index in [4.69, 9.17) is 14.7 Å². The number of carbonyl (C=O) groups excluding carboxylic acids is 1. The van der Waals surface area contributed by atoms with Crippen molar-refractivity contribution in [3.05, 3.63) is 35.4 Å². The number of rotatable bonds is 4. The number of nitriles is 1.